The predicted molar refractivity (Wildman–Crippen MR) is 102 cm³/mol. The first-order valence-electron chi connectivity index (χ1n) is 8.13. The third-order valence-corrected chi connectivity index (χ3v) is 5.77. The summed E-state index contributed by atoms with van der Waals surface area (Å²) in [5, 5.41) is 0. The first kappa shape index (κ1) is 17.9. The Bertz CT molecular complexity index is 971. The van der Waals surface area contributed by atoms with Gasteiger partial charge in [0.25, 0.3) is 10.0 Å². The summed E-state index contributed by atoms with van der Waals surface area (Å²) < 4.78 is 33.1. The lowest BCUT2D eigenvalue weighted by Crippen LogP contribution is -2.30. The maximum absolute atomic E-state index is 13.3. The molecule has 2 aromatic carbocycles. The van der Waals surface area contributed by atoms with Crippen molar-refractivity contribution in [2.45, 2.75) is 18.4 Å². The lowest BCUT2D eigenvalue weighted by molar-refractivity contribution is 0.414. The predicted octanol–water partition coefficient (Wildman–Crippen LogP) is 3.79. The van der Waals surface area contributed by atoms with Crippen LogP contribution in [0.3, 0.4) is 0 Å². The van der Waals surface area contributed by atoms with Crippen LogP contribution in [0.1, 0.15) is 11.1 Å². The molecule has 0 unspecified atom stereocenters. The molecule has 0 atom stereocenters. The number of sulfonamides is 1. The van der Waals surface area contributed by atoms with Crippen LogP contribution >= 0.6 is 0 Å². The monoisotopic (exact) mass is 368 g/mol. The van der Waals surface area contributed by atoms with Crippen LogP contribution < -0.4 is 9.04 Å². The van der Waals surface area contributed by atoms with Crippen molar-refractivity contribution in [3.8, 4) is 5.75 Å². The molecule has 0 aliphatic carbocycles. The molecule has 3 aromatic rings. The van der Waals surface area contributed by atoms with Crippen LogP contribution in [0.15, 0.2) is 78.0 Å². The van der Waals surface area contributed by atoms with Gasteiger partial charge in [-0.25, -0.2) is 8.42 Å². The number of hydrogen-bond acceptors (Lipinski definition) is 4. The van der Waals surface area contributed by atoms with Crippen molar-refractivity contribution < 1.29 is 13.2 Å². The molecule has 0 radical (unpaired) electrons. The van der Waals surface area contributed by atoms with Gasteiger partial charge in [0.1, 0.15) is 5.75 Å². The van der Waals surface area contributed by atoms with E-state index in [1.165, 1.54) is 4.31 Å². The van der Waals surface area contributed by atoms with Gasteiger partial charge in [-0.1, -0.05) is 18.2 Å². The quantitative estimate of drug-likeness (QED) is 0.664. The zero-order chi connectivity index (χ0) is 18.6. The standard InChI is InChI=1S/C20H20N2O3S/c1-16-5-3-7-18(13-16)22(15-17-6-4-12-21-14-17)26(23,24)20-10-8-19(25-2)9-11-20/h3-14H,15H2,1-2H3. The molecule has 0 amide bonds. The Morgan fingerprint density at radius 3 is 2.42 bits per heavy atom. The summed E-state index contributed by atoms with van der Waals surface area (Å²) in [6.07, 6.45) is 3.34. The Morgan fingerprint density at radius 2 is 1.81 bits per heavy atom. The van der Waals surface area contributed by atoms with Crippen molar-refractivity contribution in [2.24, 2.45) is 0 Å². The average molecular weight is 368 g/mol. The van der Waals surface area contributed by atoms with Crippen LogP contribution in [-0.2, 0) is 16.6 Å². The summed E-state index contributed by atoms with van der Waals surface area (Å²) in [5.74, 6) is 0.610. The smallest absolute Gasteiger partial charge is 0.264 e. The van der Waals surface area contributed by atoms with Gasteiger partial charge in [-0.2, -0.15) is 0 Å². The summed E-state index contributed by atoms with van der Waals surface area (Å²) >= 11 is 0. The molecule has 0 spiro atoms. The molecule has 26 heavy (non-hydrogen) atoms. The van der Waals surface area contributed by atoms with Gasteiger partial charge in [0, 0.05) is 12.4 Å². The summed E-state index contributed by atoms with van der Waals surface area (Å²) in [7, 11) is -2.20. The van der Waals surface area contributed by atoms with Gasteiger partial charge in [0.2, 0.25) is 0 Å². The fourth-order valence-electron chi connectivity index (χ4n) is 2.63. The Kier molecular flexibility index (Phi) is 5.23. The first-order valence-corrected chi connectivity index (χ1v) is 9.57. The van der Waals surface area contributed by atoms with Crippen molar-refractivity contribution in [3.05, 3.63) is 84.2 Å². The molecule has 0 N–H and O–H groups in total. The molecule has 1 aromatic heterocycles. The molecule has 6 heteroatoms. The van der Waals surface area contributed by atoms with Crippen LogP contribution in [0.2, 0.25) is 0 Å². The maximum atomic E-state index is 13.3. The number of anilines is 1. The Labute approximate surface area is 153 Å². The minimum Gasteiger partial charge on any atom is -0.497 e. The van der Waals surface area contributed by atoms with E-state index >= 15 is 0 Å². The van der Waals surface area contributed by atoms with E-state index in [1.54, 1.807) is 55.9 Å². The number of aromatic nitrogens is 1. The highest BCUT2D eigenvalue weighted by Gasteiger charge is 2.25. The van der Waals surface area contributed by atoms with Crippen molar-refractivity contribution in [2.75, 3.05) is 11.4 Å². The fraction of sp³-hybridized carbons (Fsp3) is 0.150. The average Bonchev–Trinajstić information content (AvgIpc) is 2.67. The topological polar surface area (TPSA) is 59.5 Å². The second-order valence-corrected chi connectivity index (χ2v) is 7.75. The number of rotatable bonds is 6. The lowest BCUT2D eigenvalue weighted by atomic mass is 10.2. The number of hydrogen-bond donors (Lipinski definition) is 0. The van der Waals surface area contributed by atoms with Crippen molar-refractivity contribution in [1.82, 2.24) is 4.98 Å². The minimum absolute atomic E-state index is 0.200. The fourth-order valence-corrected chi connectivity index (χ4v) is 4.08. The zero-order valence-electron chi connectivity index (χ0n) is 14.7. The second kappa shape index (κ2) is 7.58. The highest BCUT2D eigenvalue weighted by Crippen LogP contribution is 2.27. The molecule has 1 heterocycles. The molecule has 0 aliphatic heterocycles. The van der Waals surface area contributed by atoms with Crippen molar-refractivity contribution in [1.29, 1.82) is 0 Å². The molecule has 0 bridgehead atoms. The molecule has 5 nitrogen and oxygen atoms in total. The Balaban J connectivity index is 2.06. The van der Waals surface area contributed by atoms with Crippen LogP contribution in [-0.4, -0.2) is 20.5 Å². The number of ether oxygens (including phenoxy) is 1. The number of pyridine rings is 1. The van der Waals surface area contributed by atoms with E-state index in [4.69, 9.17) is 4.74 Å². The largest absolute Gasteiger partial charge is 0.497 e. The third-order valence-electron chi connectivity index (χ3n) is 3.99. The number of nitrogens with zero attached hydrogens (tertiary/aromatic N) is 2. The molecule has 0 saturated heterocycles. The van der Waals surface area contributed by atoms with Crippen molar-refractivity contribution in [3.63, 3.8) is 0 Å². The Hall–Kier alpha value is -2.86. The van der Waals surface area contributed by atoms with Crippen LogP contribution in [0.25, 0.3) is 0 Å². The maximum Gasteiger partial charge on any atom is 0.264 e. The summed E-state index contributed by atoms with van der Waals surface area (Å²) in [5.41, 5.74) is 2.42. The first-order chi connectivity index (χ1) is 12.5. The molecule has 0 fully saturated rings. The van der Waals surface area contributed by atoms with E-state index in [-0.39, 0.29) is 11.4 Å². The van der Waals surface area contributed by atoms with E-state index < -0.39 is 10.0 Å². The van der Waals surface area contributed by atoms with Gasteiger partial charge < -0.3 is 4.74 Å². The number of aryl methyl sites for hydroxylation is 1. The van der Waals surface area contributed by atoms with Crippen LogP contribution in [0, 0.1) is 6.92 Å². The van der Waals surface area contributed by atoms with E-state index in [0.717, 1.165) is 11.1 Å². The lowest BCUT2D eigenvalue weighted by Gasteiger charge is -2.25. The molecule has 0 aliphatic rings. The second-order valence-electron chi connectivity index (χ2n) is 5.89. The zero-order valence-corrected chi connectivity index (χ0v) is 15.5. The van der Waals surface area contributed by atoms with Crippen LogP contribution in [0.4, 0.5) is 5.69 Å². The number of methoxy groups -OCH3 is 1. The van der Waals surface area contributed by atoms with Gasteiger partial charge in [-0.3, -0.25) is 9.29 Å². The summed E-state index contributed by atoms with van der Waals surface area (Å²) in [6.45, 7) is 2.14. The van der Waals surface area contributed by atoms with Gasteiger partial charge >= 0.3 is 0 Å². The summed E-state index contributed by atoms with van der Waals surface area (Å²) in [4.78, 5) is 4.30. The van der Waals surface area contributed by atoms with Gasteiger partial charge in [0.05, 0.1) is 24.2 Å². The highest BCUT2D eigenvalue weighted by atomic mass is 32.2. The number of benzene rings is 2. The SMILES string of the molecule is COc1ccc(S(=O)(=O)N(Cc2cccnc2)c2cccc(C)c2)cc1. The molecule has 0 saturated carbocycles. The van der Waals surface area contributed by atoms with Gasteiger partial charge in [0.15, 0.2) is 0 Å². The van der Waals surface area contributed by atoms with E-state index in [9.17, 15) is 8.42 Å². The minimum atomic E-state index is -3.74. The third kappa shape index (κ3) is 3.86. The Morgan fingerprint density at radius 1 is 1.04 bits per heavy atom. The van der Waals surface area contributed by atoms with Crippen LogP contribution in [0.5, 0.6) is 5.75 Å². The van der Waals surface area contributed by atoms with Crippen molar-refractivity contribution >= 4 is 15.7 Å². The van der Waals surface area contributed by atoms with E-state index in [2.05, 4.69) is 4.98 Å². The highest BCUT2D eigenvalue weighted by molar-refractivity contribution is 7.92. The molecule has 3 rings (SSSR count). The van der Waals surface area contributed by atoms with Gasteiger partial charge in [-0.15, -0.1) is 0 Å². The van der Waals surface area contributed by atoms with E-state index in [0.29, 0.717) is 11.4 Å². The summed E-state index contributed by atoms with van der Waals surface area (Å²) in [6, 6.07) is 17.5. The molecular formula is C20H20N2O3S. The molecule has 134 valence electrons. The van der Waals surface area contributed by atoms with Gasteiger partial charge in [-0.05, 0) is 60.5 Å². The van der Waals surface area contributed by atoms with E-state index in [1.807, 2.05) is 31.2 Å². The normalized spacial score (nSPS) is 11.2. The molecular weight excluding hydrogens is 348 g/mol.